The maximum atomic E-state index is 9.27. The topological polar surface area (TPSA) is 32.0 Å². The van der Waals surface area contributed by atoms with Crippen LogP contribution in [0.1, 0.15) is 29.0 Å². The molecule has 0 N–H and O–H groups in total. The summed E-state index contributed by atoms with van der Waals surface area (Å²) < 4.78 is 2.44. The zero-order valence-electron chi connectivity index (χ0n) is 29.1. The summed E-state index contributed by atoms with van der Waals surface area (Å²) in [5.74, 6) is 0.762. The van der Waals surface area contributed by atoms with Crippen molar-refractivity contribution in [3.8, 4) is 34.0 Å². The monoisotopic (exact) mass is 677 g/mol. The molecule has 0 amide bonds. The number of anilines is 1. The van der Waals surface area contributed by atoms with E-state index in [1.807, 2.05) is 12.1 Å². The van der Waals surface area contributed by atoms with Crippen LogP contribution in [0.2, 0.25) is 0 Å². The zero-order chi connectivity index (χ0) is 35.1. The van der Waals surface area contributed by atoms with Gasteiger partial charge in [-0.25, -0.2) is 0 Å². The van der Waals surface area contributed by atoms with Crippen LogP contribution in [0.5, 0.6) is 0 Å². The highest BCUT2D eigenvalue weighted by atomic mass is 15.3. The quantitative estimate of drug-likeness (QED) is 0.182. The Kier molecular flexibility index (Phi) is 6.48. The molecule has 3 nitrogen and oxygen atoms in total. The van der Waals surface area contributed by atoms with Crippen LogP contribution in [-0.2, 0) is 0 Å². The number of para-hydroxylation sites is 2. The standard InChI is InChI=1S/C50H35N3/c51-32-33-18-20-34(21-19-33)38-26-27-50(31-39(50)28-38)53-48-17-9-6-14-42(48)44-30-37(23-25-49(44)53)36-22-24-47-43(29-36)41-13-5-8-16-46(41)52(47)45-15-7-4-12-40(45)35-10-2-1-3-11-35/h1-30,39,42,48H,31H2. The van der Waals surface area contributed by atoms with Gasteiger partial charge >= 0.3 is 0 Å². The van der Waals surface area contributed by atoms with Gasteiger partial charge < -0.3 is 9.47 Å². The van der Waals surface area contributed by atoms with E-state index in [0.29, 0.717) is 17.4 Å². The molecule has 53 heavy (non-hydrogen) atoms. The highest BCUT2D eigenvalue weighted by Gasteiger charge is 2.60. The van der Waals surface area contributed by atoms with Crippen LogP contribution < -0.4 is 4.90 Å². The Morgan fingerprint density at radius 1 is 0.623 bits per heavy atom. The van der Waals surface area contributed by atoms with Crippen LogP contribution in [0.25, 0.3) is 55.3 Å². The first kappa shape index (κ1) is 30.0. The Balaban J connectivity index is 0.986. The van der Waals surface area contributed by atoms with Gasteiger partial charge in [-0.3, -0.25) is 0 Å². The molecule has 7 aromatic rings. The largest absolute Gasteiger partial charge is 0.354 e. The van der Waals surface area contributed by atoms with Gasteiger partial charge in [0.15, 0.2) is 0 Å². The molecule has 4 unspecified atom stereocenters. The van der Waals surface area contributed by atoms with E-state index in [4.69, 9.17) is 0 Å². The molecule has 1 aromatic heterocycles. The molecule has 1 fully saturated rings. The summed E-state index contributed by atoms with van der Waals surface area (Å²) in [6.07, 6.45) is 17.6. The lowest BCUT2D eigenvalue weighted by Gasteiger charge is -2.37. The molecule has 4 aliphatic rings. The first-order chi connectivity index (χ1) is 26.2. The smallest absolute Gasteiger partial charge is 0.0991 e. The van der Waals surface area contributed by atoms with Crippen molar-refractivity contribution in [3.05, 3.63) is 199 Å². The van der Waals surface area contributed by atoms with Gasteiger partial charge in [0.25, 0.3) is 0 Å². The summed E-state index contributed by atoms with van der Waals surface area (Å²) in [5, 5.41) is 11.8. The SMILES string of the molecule is N#Cc1ccc(C2=CC3CC3(N3c4ccc(-c5ccc6c(c5)c5ccccc5n6-c5ccccc5-c5ccccc5)cc4C4C=CC=CC43)C=C2)cc1. The van der Waals surface area contributed by atoms with Crippen molar-refractivity contribution >= 4 is 33.1 Å². The van der Waals surface area contributed by atoms with E-state index in [2.05, 4.69) is 185 Å². The number of benzene rings is 6. The third-order valence-corrected chi connectivity index (χ3v) is 12.0. The molecule has 3 heteroatoms. The number of hydrogen-bond acceptors (Lipinski definition) is 2. The van der Waals surface area contributed by atoms with Crippen LogP contribution in [0.3, 0.4) is 0 Å². The van der Waals surface area contributed by atoms with E-state index >= 15 is 0 Å². The normalized spacial score (nSPS) is 22.0. The van der Waals surface area contributed by atoms with Gasteiger partial charge in [-0.2, -0.15) is 5.26 Å². The van der Waals surface area contributed by atoms with Crippen molar-refractivity contribution in [2.24, 2.45) is 5.92 Å². The lowest BCUT2D eigenvalue weighted by molar-refractivity contribution is 0.591. The summed E-state index contributed by atoms with van der Waals surface area (Å²) in [6.45, 7) is 0. The van der Waals surface area contributed by atoms with Crippen LogP contribution in [0, 0.1) is 17.2 Å². The molecule has 0 bridgehead atoms. The molecule has 6 aromatic carbocycles. The average molecular weight is 678 g/mol. The van der Waals surface area contributed by atoms with Crippen LogP contribution in [0.15, 0.2) is 182 Å². The molecule has 0 spiro atoms. The zero-order valence-corrected chi connectivity index (χ0v) is 29.1. The fourth-order valence-electron chi connectivity index (χ4n) is 9.44. The molecule has 0 saturated heterocycles. The summed E-state index contributed by atoms with van der Waals surface area (Å²) in [7, 11) is 0. The maximum absolute atomic E-state index is 9.27. The second kappa shape index (κ2) is 11.4. The minimum Gasteiger partial charge on any atom is -0.354 e. The molecule has 11 rings (SSSR count). The van der Waals surface area contributed by atoms with Crippen molar-refractivity contribution in [2.75, 3.05) is 4.90 Å². The van der Waals surface area contributed by atoms with Crippen molar-refractivity contribution < 1.29 is 0 Å². The number of rotatable bonds is 5. The number of nitrogens with zero attached hydrogens (tertiary/aromatic N) is 3. The van der Waals surface area contributed by atoms with Crippen molar-refractivity contribution in [2.45, 2.75) is 23.9 Å². The molecule has 4 atom stereocenters. The summed E-state index contributed by atoms with van der Waals surface area (Å²) >= 11 is 0. The number of hydrogen-bond donors (Lipinski definition) is 0. The van der Waals surface area contributed by atoms with E-state index in [0.717, 1.165) is 6.42 Å². The fraction of sp³-hybridized carbons (Fsp3) is 0.100. The Morgan fingerprint density at radius 3 is 2.23 bits per heavy atom. The number of fused-ring (bicyclic) bond motifs is 7. The Bertz CT molecular complexity index is 2790. The molecule has 0 radical (unpaired) electrons. The Labute approximate surface area is 309 Å². The molecule has 1 saturated carbocycles. The minimum atomic E-state index is -0.0158. The Morgan fingerprint density at radius 2 is 1.36 bits per heavy atom. The summed E-state index contributed by atoms with van der Waals surface area (Å²) in [6, 6.07) is 52.9. The molecule has 1 aliphatic heterocycles. The maximum Gasteiger partial charge on any atom is 0.0991 e. The van der Waals surface area contributed by atoms with E-state index in [9.17, 15) is 5.26 Å². The number of allylic oxidation sites excluding steroid dienone is 4. The lowest BCUT2D eigenvalue weighted by Crippen LogP contribution is -2.44. The summed E-state index contributed by atoms with van der Waals surface area (Å²) in [5.41, 5.74) is 14.4. The highest BCUT2D eigenvalue weighted by molar-refractivity contribution is 6.11. The fourth-order valence-corrected chi connectivity index (χ4v) is 9.44. The van der Waals surface area contributed by atoms with Crippen LogP contribution in [0.4, 0.5) is 5.69 Å². The Hall–Kier alpha value is -6.63. The number of nitriles is 1. The molecule has 2 heterocycles. The van der Waals surface area contributed by atoms with Crippen molar-refractivity contribution in [3.63, 3.8) is 0 Å². The third kappa shape index (κ3) is 4.52. The van der Waals surface area contributed by atoms with Gasteiger partial charge in [0.1, 0.15) is 0 Å². The van der Waals surface area contributed by atoms with E-state index < -0.39 is 0 Å². The molecule has 250 valence electrons. The van der Waals surface area contributed by atoms with Gasteiger partial charge in [0, 0.05) is 33.9 Å². The first-order valence-electron chi connectivity index (χ1n) is 18.6. The van der Waals surface area contributed by atoms with Gasteiger partial charge in [-0.05, 0) is 88.3 Å². The predicted molar refractivity (Wildman–Crippen MR) is 218 cm³/mol. The van der Waals surface area contributed by atoms with Gasteiger partial charge in [0.05, 0.1) is 39.9 Å². The van der Waals surface area contributed by atoms with Gasteiger partial charge in [-0.15, -0.1) is 0 Å². The highest BCUT2D eigenvalue weighted by Crippen LogP contribution is 2.61. The summed E-state index contributed by atoms with van der Waals surface area (Å²) in [4.78, 5) is 2.71. The molecule has 3 aliphatic carbocycles. The average Bonchev–Trinajstić information content (AvgIpc) is 3.74. The van der Waals surface area contributed by atoms with Crippen LogP contribution >= 0.6 is 0 Å². The van der Waals surface area contributed by atoms with Gasteiger partial charge in [-0.1, -0.05) is 134 Å². The minimum absolute atomic E-state index is 0.0158. The lowest BCUT2D eigenvalue weighted by atomic mass is 9.89. The molecular formula is C50H35N3. The second-order valence-corrected chi connectivity index (χ2v) is 14.8. The first-order valence-corrected chi connectivity index (χ1v) is 18.6. The molecular weight excluding hydrogens is 643 g/mol. The number of aromatic nitrogens is 1. The van der Waals surface area contributed by atoms with E-state index in [-0.39, 0.29) is 11.6 Å². The predicted octanol–water partition coefficient (Wildman–Crippen LogP) is 11.8. The second-order valence-electron chi connectivity index (χ2n) is 14.8. The van der Waals surface area contributed by atoms with E-state index in [1.54, 1.807) is 0 Å². The van der Waals surface area contributed by atoms with E-state index in [1.165, 1.54) is 72.1 Å². The van der Waals surface area contributed by atoms with Gasteiger partial charge in [0.2, 0.25) is 0 Å². The van der Waals surface area contributed by atoms with Crippen molar-refractivity contribution in [1.29, 1.82) is 5.26 Å². The third-order valence-electron chi connectivity index (χ3n) is 12.0. The van der Waals surface area contributed by atoms with Crippen molar-refractivity contribution in [1.82, 2.24) is 4.57 Å². The van der Waals surface area contributed by atoms with Crippen LogP contribution in [-0.4, -0.2) is 16.1 Å².